The minimum Gasteiger partial charge on any atom is -0.387 e. The van der Waals surface area contributed by atoms with Crippen LogP contribution in [0.25, 0.3) is 11.0 Å². The van der Waals surface area contributed by atoms with E-state index in [1.165, 1.54) is 6.33 Å². The molecular weight excluding hydrogens is 334 g/mol. The number of thiophene rings is 1. The average molecular weight is 351 g/mol. The van der Waals surface area contributed by atoms with Crippen LogP contribution in [0.1, 0.15) is 17.2 Å². The Morgan fingerprint density at radius 2 is 2.04 bits per heavy atom. The Kier molecular flexibility index (Phi) is 4.41. The number of aliphatic hydroxyl groups is 1. The highest BCUT2D eigenvalue weighted by Crippen LogP contribution is 2.26. The number of anilines is 1. The van der Waals surface area contributed by atoms with Gasteiger partial charge in [0.1, 0.15) is 12.1 Å². The van der Waals surface area contributed by atoms with Gasteiger partial charge in [-0.3, -0.25) is 5.10 Å². The zero-order chi connectivity index (χ0) is 17.1. The SMILES string of the molecule is OC(CN(Cc1ccccc1)c1ncnc2[nH]ncc12)c1ccsc1. The van der Waals surface area contributed by atoms with E-state index in [-0.39, 0.29) is 0 Å². The number of hydrogen-bond donors (Lipinski definition) is 2. The maximum Gasteiger partial charge on any atom is 0.160 e. The van der Waals surface area contributed by atoms with E-state index in [0.29, 0.717) is 18.7 Å². The molecule has 7 heteroatoms. The molecule has 0 radical (unpaired) electrons. The molecule has 3 heterocycles. The molecular formula is C18H17N5OS. The normalized spacial score (nSPS) is 12.4. The van der Waals surface area contributed by atoms with Gasteiger partial charge in [0.05, 0.1) is 17.7 Å². The molecule has 1 unspecified atom stereocenters. The molecule has 2 N–H and O–H groups in total. The summed E-state index contributed by atoms with van der Waals surface area (Å²) in [5, 5.41) is 22.4. The van der Waals surface area contributed by atoms with Crippen molar-refractivity contribution in [1.29, 1.82) is 0 Å². The van der Waals surface area contributed by atoms with E-state index in [1.807, 2.05) is 35.0 Å². The third kappa shape index (κ3) is 3.38. The van der Waals surface area contributed by atoms with E-state index in [1.54, 1.807) is 17.5 Å². The number of aliphatic hydroxyl groups excluding tert-OH is 1. The number of nitrogens with one attached hydrogen (secondary N) is 1. The van der Waals surface area contributed by atoms with E-state index < -0.39 is 6.10 Å². The lowest BCUT2D eigenvalue weighted by atomic mass is 10.1. The molecule has 25 heavy (non-hydrogen) atoms. The average Bonchev–Trinajstić information content (AvgIpc) is 3.33. The van der Waals surface area contributed by atoms with Gasteiger partial charge >= 0.3 is 0 Å². The summed E-state index contributed by atoms with van der Waals surface area (Å²) in [6.45, 7) is 1.07. The van der Waals surface area contributed by atoms with Gasteiger partial charge in [-0.25, -0.2) is 9.97 Å². The summed E-state index contributed by atoms with van der Waals surface area (Å²) in [7, 11) is 0. The van der Waals surface area contributed by atoms with Crippen molar-refractivity contribution in [1.82, 2.24) is 20.2 Å². The second-order valence-electron chi connectivity index (χ2n) is 5.77. The summed E-state index contributed by atoms with van der Waals surface area (Å²) in [6, 6.07) is 12.1. The second kappa shape index (κ2) is 7.00. The van der Waals surface area contributed by atoms with E-state index in [2.05, 4.69) is 37.2 Å². The number of rotatable bonds is 6. The summed E-state index contributed by atoms with van der Waals surface area (Å²) < 4.78 is 0. The molecule has 0 aliphatic rings. The first-order valence-electron chi connectivity index (χ1n) is 7.94. The predicted molar refractivity (Wildman–Crippen MR) is 98.5 cm³/mol. The van der Waals surface area contributed by atoms with Gasteiger partial charge in [0.2, 0.25) is 0 Å². The Labute approximate surface area is 148 Å². The summed E-state index contributed by atoms with van der Waals surface area (Å²) in [5.74, 6) is 0.761. The first-order valence-corrected chi connectivity index (χ1v) is 8.88. The highest BCUT2D eigenvalue weighted by Gasteiger charge is 2.19. The van der Waals surface area contributed by atoms with Crippen LogP contribution in [0, 0.1) is 0 Å². The second-order valence-corrected chi connectivity index (χ2v) is 6.55. The minimum absolute atomic E-state index is 0.433. The van der Waals surface area contributed by atoms with Gasteiger partial charge in [-0.2, -0.15) is 16.4 Å². The van der Waals surface area contributed by atoms with Crippen molar-refractivity contribution in [2.45, 2.75) is 12.6 Å². The molecule has 0 amide bonds. The van der Waals surface area contributed by atoms with Crippen molar-refractivity contribution in [2.24, 2.45) is 0 Å². The molecule has 1 aromatic carbocycles. The highest BCUT2D eigenvalue weighted by atomic mass is 32.1. The molecule has 0 aliphatic heterocycles. The first kappa shape index (κ1) is 15.7. The van der Waals surface area contributed by atoms with Crippen LogP contribution in [-0.4, -0.2) is 31.8 Å². The fourth-order valence-corrected chi connectivity index (χ4v) is 3.52. The maximum absolute atomic E-state index is 10.6. The molecule has 0 bridgehead atoms. The lowest BCUT2D eigenvalue weighted by Gasteiger charge is -2.26. The summed E-state index contributed by atoms with van der Waals surface area (Å²) in [6.07, 6.45) is 2.65. The summed E-state index contributed by atoms with van der Waals surface area (Å²) >= 11 is 1.58. The number of hydrogen-bond acceptors (Lipinski definition) is 6. The Balaban J connectivity index is 1.69. The summed E-state index contributed by atoms with van der Waals surface area (Å²) in [5.41, 5.74) is 2.75. The van der Waals surface area contributed by atoms with Crippen LogP contribution >= 0.6 is 11.3 Å². The fraction of sp³-hybridized carbons (Fsp3) is 0.167. The zero-order valence-corrected chi connectivity index (χ0v) is 14.2. The molecule has 0 saturated carbocycles. The van der Waals surface area contributed by atoms with Crippen LogP contribution in [0.2, 0.25) is 0 Å². The number of aromatic nitrogens is 4. The Bertz CT molecular complexity index is 938. The number of nitrogens with zero attached hydrogens (tertiary/aromatic N) is 4. The van der Waals surface area contributed by atoms with Crippen molar-refractivity contribution in [3.63, 3.8) is 0 Å². The zero-order valence-electron chi connectivity index (χ0n) is 13.4. The van der Waals surface area contributed by atoms with Crippen LogP contribution in [0.5, 0.6) is 0 Å². The standard InChI is InChI=1S/C18H17N5OS/c24-16(14-6-7-25-11-14)10-23(9-13-4-2-1-3-5-13)18-15-8-21-22-17(15)19-12-20-18/h1-8,11-12,16,24H,9-10H2,(H,19,20,21,22). The number of H-pyrrole nitrogens is 1. The maximum atomic E-state index is 10.6. The molecule has 1 atom stereocenters. The fourth-order valence-electron chi connectivity index (χ4n) is 2.81. The van der Waals surface area contributed by atoms with Crippen LogP contribution in [0.3, 0.4) is 0 Å². The Hall–Kier alpha value is -2.77. The Morgan fingerprint density at radius 3 is 2.84 bits per heavy atom. The van der Waals surface area contributed by atoms with Crippen LogP contribution in [0.15, 0.2) is 59.7 Å². The third-order valence-electron chi connectivity index (χ3n) is 4.06. The van der Waals surface area contributed by atoms with Crippen LogP contribution in [-0.2, 0) is 6.54 Å². The predicted octanol–water partition coefficient (Wildman–Crippen LogP) is 3.15. The molecule has 126 valence electrons. The molecule has 0 fully saturated rings. The van der Waals surface area contributed by atoms with Gasteiger partial charge in [-0.15, -0.1) is 0 Å². The molecule has 4 aromatic rings. The van der Waals surface area contributed by atoms with Gasteiger partial charge in [-0.1, -0.05) is 30.3 Å². The minimum atomic E-state index is -0.591. The highest BCUT2D eigenvalue weighted by molar-refractivity contribution is 7.07. The largest absolute Gasteiger partial charge is 0.387 e. The van der Waals surface area contributed by atoms with Crippen molar-refractivity contribution < 1.29 is 5.11 Å². The molecule has 0 spiro atoms. The van der Waals surface area contributed by atoms with Gasteiger partial charge in [-0.05, 0) is 28.0 Å². The summed E-state index contributed by atoms with van der Waals surface area (Å²) in [4.78, 5) is 10.7. The third-order valence-corrected chi connectivity index (χ3v) is 4.77. The van der Waals surface area contributed by atoms with E-state index in [4.69, 9.17) is 0 Å². The van der Waals surface area contributed by atoms with Crippen molar-refractivity contribution in [3.05, 3.63) is 70.8 Å². The topological polar surface area (TPSA) is 77.9 Å². The van der Waals surface area contributed by atoms with Crippen LogP contribution in [0.4, 0.5) is 5.82 Å². The first-order chi connectivity index (χ1) is 12.3. The van der Waals surface area contributed by atoms with E-state index >= 15 is 0 Å². The van der Waals surface area contributed by atoms with Crippen molar-refractivity contribution in [3.8, 4) is 0 Å². The number of benzene rings is 1. The van der Waals surface area contributed by atoms with Crippen LogP contribution < -0.4 is 4.90 Å². The van der Waals surface area contributed by atoms with Gasteiger partial charge < -0.3 is 10.0 Å². The van der Waals surface area contributed by atoms with Gasteiger partial charge in [0, 0.05) is 13.1 Å². The number of fused-ring (bicyclic) bond motifs is 1. The van der Waals surface area contributed by atoms with E-state index in [9.17, 15) is 5.11 Å². The smallest absolute Gasteiger partial charge is 0.160 e. The van der Waals surface area contributed by atoms with E-state index in [0.717, 1.165) is 22.3 Å². The van der Waals surface area contributed by atoms with Gasteiger partial charge in [0.25, 0.3) is 0 Å². The number of aromatic amines is 1. The quantitative estimate of drug-likeness (QED) is 0.558. The molecule has 0 saturated heterocycles. The molecule has 3 aromatic heterocycles. The molecule has 0 aliphatic carbocycles. The molecule has 6 nitrogen and oxygen atoms in total. The lowest BCUT2D eigenvalue weighted by molar-refractivity contribution is 0.183. The van der Waals surface area contributed by atoms with Crippen molar-refractivity contribution >= 4 is 28.2 Å². The molecule has 4 rings (SSSR count). The van der Waals surface area contributed by atoms with Crippen molar-refractivity contribution in [2.75, 3.05) is 11.4 Å². The lowest BCUT2D eigenvalue weighted by Crippen LogP contribution is -2.29. The Morgan fingerprint density at radius 1 is 1.16 bits per heavy atom. The monoisotopic (exact) mass is 351 g/mol. The van der Waals surface area contributed by atoms with Gasteiger partial charge in [0.15, 0.2) is 5.65 Å².